The molecule has 0 spiro atoms. The third-order valence-electron chi connectivity index (χ3n) is 5.01. The van der Waals surface area contributed by atoms with Crippen molar-refractivity contribution >= 4 is 6.09 Å². The van der Waals surface area contributed by atoms with Crippen LogP contribution in [-0.2, 0) is 4.74 Å². The van der Waals surface area contributed by atoms with Crippen molar-refractivity contribution in [1.82, 2.24) is 4.90 Å². The van der Waals surface area contributed by atoms with Crippen LogP contribution in [0.2, 0.25) is 0 Å². The van der Waals surface area contributed by atoms with E-state index < -0.39 is 5.60 Å². The zero-order valence-corrected chi connectivity index (χ0v) is 14.4. The molecule has 2 aliphatic rings. The number of carbonyl (C=O) groups is 1. The van der Waals surface area contributed by atoms with Gasteiger partial charge in [0.2, 0.25) is 0 Å². The SMILES string of the molecule is CC(C)(C)OC(=O)N1CCC(C#N)(CC2CCCCC2)CC1. The van der Waals surface area contributed by atoms with Gasteiger partial charge in [-0.2, -0.15) is 5.26 Å². The molecule has 0 aromatic carbocycles. The van der Waals surface area contributed by atoms with E-state index in [4.69, 9.17) is 4.74 Å². The third-order valence-corrected chi connectivity index (χ3v) is 5.01. The summed E-state index contributed by atoms with van der Waals surface area (Å²) in [5, 5.41) is 9.70. The molecule has 124 valence electrons. The summed E-state index contributed by atoms with van der Waals surface area (Å²) in [7, 11) is 0. The second kappa shape index (κ2) is 6.89. The lowest BCUT2D eigenvalue weighted by Crippen LogP contribution is -2.45. The number of likely N-dealkylation sites (tertiary alicyclic amines) is 1. The number of amides is 1. The molecule has 2 fully saturated rings. The van der Waals surface area contributed by atoms with Crippen LogP contribution in [0.1, 0.15) is 72.1 Å². The van der Waals surface area contributed by atoms with Gasteiger partial charge in [0.15, 0.2) is 0 Å². The standard InChI is InChI=1S/C18H30N2O2/c1-17(2,3)22-16(21)20-11-9-18(14-19,10-12-20)13-15-7-5-4-6-8-15/h15H,4-13H2,1-3H3. The summed E-state index contributed by atoms with van der Waals surface area (Å²) >= 11 is 0. The minimum absolute atomic E-state index is 0.222. The first-order chi connectivity index (χ1) is 10.3. The topological polar surface area (TPSA) is 53.3 Å². The van der Waals surface area contributed by atoms with Crippen molar-refractivity contribution < 1.29 is 9.53 Å². The third kappa shape index (κ3) is 4.63. The second-order valence-electron chi connectivity index (χ2n) is 8.07. The van der Waals surface area contributed by atoms with Crippen LogP contribution in [0.25, 0.3) is 0 Å². The normalized spacial score (nSPS) is 22.9. The molecule has 0 aromatic heterocycles. The minimum atomic E-state index is -0.455. The smallest absolute Gasteiger partial charge is 0.410 e. The van der Waals surface area contributed by atoms with E-state index in [1.165, 1.54) is 32.1 Å². The zero-order valence-electron chi connectivity index (χ0n) is 14.4. The molecular formula is C18H30N2O2. The van der Waals surface area contributed by atoms with E-state index in [9.17, 15) is 10.1 Å². The Labute approximate surface area is 134 Å². The summed E-state index contributed by atoms with van der Waals surface area (Å²) in [6, 6.07) is 2.59. The highest BCUT2D eigenvalue weighted by Crippen LogP contribution is 2.41. The molecule has 4 heteroatoms. The fourth-order valence-corrected chi connectivity index (χ4v) is 3.75. The molecule has 4 nitrogen and oxygen atoms in total. The first-order valence-electron chi connectivity index (χ1n) is 8.73. The van der Waals surface area contributed by atoms with E-state index in [-0.39, 0.29) is 11.5 Å². The van der Waals surface area contributed by atoms with Gasteiger partial charge in [-0.1, -0.05) is 32.1 Å². The van der Waals surface area contributed by atoms with E-state index in [2.05, 4.69) is 6.07 Å². The van der Waals surface area contributed by atoms with Crippen LogP contribution in [0.5, 0.6) is 0 Å². The second-order valence-corrected chi connectivity index (χ2v) is 8.07. The number of hydrogen-bond acceptors (Lipinski definition) is 3. The number of rotatable bonds is 2. The molecule has 0 N–H and O–H groups in total. The van der Waals surface area contributed by atoms with Crippen molar-refractivity contribution in [3.05, 3.63) is 0 Å². The molecule has 2 rings (SSSR count). The van der Waals surface area contributed by atoms with Gasteiger partial charge in [0.25, 0.3) is 0 Å². The molecule has 1 aliphatic heterocycles. The highest BCUT2D eigenvalue weighted by atomic mass is 16.6. The predicted octanol–water partition coefficient (Wildman–Crippen LogP) is 4.50. The van der Waals surface area contributed by atoms with Gasteiger partial charge in [0.05, 0.1) is 11.5 Å². The van der Waals surface area contributed by atoms with Crippen LogP contribution in [0.4, 0.5) is 4.79 Å². The lowest BCUT2D eigenvalue weighted by atomic mass is 9.70. The first kappa shape index (κ1) is 17.1. The highest BCUT2D eigenvalue weighted by Gasteiger charge is 2.39. The first-order valence-corrected chi connectivity index (χ1v) is 8.73. The Bertz CT molecular complexity index is 419. The Morgan fingerprint density at radius 3 is 2.32 bits per heavy atom. The molecule has 1 aliphatic carbocycles. The van der Waals surface area contributed by atoms with Gasteiger partial charge in [-0.05, 0) is 46.0 Å². The van der Waals surface area contributed by atoms with Gasteiger partial charge in [0.1, 0.15) is 5.60 Å². The van der Waals surface area contributed by atoms with E-state index >= 15 is 0 Å². The molecule has 0 radical (unpaired) electrons. The van der Waals surface area contributed by atoms with E-state index in [0.717, 1.165) is 19.3 Å². The summed E-state index contributed by atoms with van der Waals surface area (Å²) in [5.41, 5.74) is -0.677. The van der Waals surface area contributed by atoms with Crippen LogP contribution in [-0.4, -0.2) is 29.7 Å². The average Bonchev–Trinajstić information content (AvgIpc) is 2.47. The maximum Gasteiger partial charge on any atom is 0.410 e. The summed E-state index contributed by atoms with van der Waals surface area (Å²) in [6.45, 7) is 6.96. The fourth-order valence-electron chi connectivity index (χ4n) is 3.75. The number of nitriles is 1. The Balaban J connectivity index is 1.88. The lowest BCUT2D eigenvalue weighted by Gasteiger charge is -2.40. The molecule has 1 heterocycles. The van der Waals surface area contributed by atoms with Gasteiger partial charge in [-0.25, -0.2) is 4.79 Å². The molecule has 1 saturated carbocycles. The Morgan fingerprint density at radius 1 is 1.23 bits per heavy atom. The van der Waals surface area contributed by atoms with Crippen LogP contribution in [0.3, 0.4) is 0 Å². The van der Waals surface area contributed by atoms with Crippen molar-refractivity contribution in [2.45, 2.75) is 77.7 Å². The van der Waals surface area contributed by atoms with Crippen molar-refractivity contribution in [2.24, 2.45) is 11.3 Å². The molecule has 1 saturated heterocycles. The Hall–Kier alpha value is -1.24. The Kier molecular flexibility index (Phi) is 5.36. The van der Waals surface area contributed by atoms with E-state index in [1.807, 2.05) is 20.8 Å². The summed E-state index contributed by atoms with van der Waals surface area (Å²) in [5.74, 6) is 0.710. The van der Waals surface area contributed by atoms with Crippen molar-refractivity contribution in [1.29, 1.82) is 5.26 Å². The molecule has 1 amide bonds. The molecule has 0 unspecified atom stereocenters. The number of nitrogens with zero attached hydrogens (tertiary/aromatic N) is 2. The van der Waals surface area contributed by atoms with E-state index in [0.29, 0.717) is 19.0 Å². The maximum absolute atomic E-state index is 12.1. The monoisotopic (exact) mass is 306 g/mol. The van der Waals surface area contributed by atoms with Gasteiger partial charge in [0, 0.05) is 13.1 Å². The number of carbonyl (C=O) groups excluding carboxylic acids is 1. The van der Waals surface area contributed by atoms with Crippen molar-refractivity contribution in [3.8, 4) is 6.07 Å². The number of ether oxygens (including phenoxy) is 1. The van der Waals surface area contributed by atoms with Crippen LogP contribution in [0, 0.1) is 22.7 Å². The summed E-state index contributed by atoms with van der Waals surface area (Å²) in [6.07, 6.45) is 8.90. The van der Waals surface area contributed by atoms with Crippen LogP contribution >= 0.6 is 0 Å². The van der Waals surface area contributed by atoms with Gasteiger partial charge in [-0.15, -0.1) is 0 Å². The largest absolute Gasteiger partial charge is 0.444 e. The highest BCUT2D eigenvalue weighted by molar-refractivity contribution is 5.68. The number of piperidine rings is 1. The summed E-state index contributed by atoms with van der Waals surface area (Å²) < 4.78 is 5.43. The number of hydrogen-bond donors (Lipinski definition) is 0. The predicted molar refractivity (Wildman–Crippen MR) is 86.3 cm³/mol. The molecule has 0 bridgehead atoms. The minimum Gasteiger partial charge on any atom is -0.444 e. The molecular weight excluding hydrogens is 276 g/mol. The van der Waals surface area contributed by atoms with Gasteiger partial charge >= 0.3 is 6.09 Å². The van der Waals surface area contributed by atoms with Gasteiger partial charge < -0.3 is 9.64 Å². The fraction of sp³-hybridized carbons (Fsp3) is 0.889. The molecule has 0 aromatic rings. The zero-order chi connectivity index (χ0) is 16.2. The average molecular weight is 306 g/mol. The van der Waals surface area contributed by atoms with Crippen molar-refractivity contribution in [2.75, 3.05) is 13.1 Å². The van der Waals surface area contributed by atoms with Gasteiger partial charge in [-0.3, -0.25) is 0 Å². The lowest BCUT2D eigenvalue weighted by molar-refractivity contribution is 0.0126. The quantitative estimate of drug-likeness (QED) is 0.755. The van der Waals surface area contributed by atoms with Crippen LogP contribution < -0.4 is 0 Å². The Morgan fingerprint density at radius 2 is 1.82 bits per heavy atom. The van der Waals surface area contributed by atoms with Crippen LogP contribution in [0.15, 0.2) is 0 Å². The molecule has 22 heavy (non-hydrogen) atoms. The summed E-state index contributed by atoms with van der Waals surface area (Å²) in [4.78, 5) is 13.9. The van der Waals surface area contributed by atoms with Crippen molar-refractivity contribution in [3.63, 3.8) is 0 Å². The van der Waals surface area contributed by atoms with E-state index in [1.54, 1.807) is 4.90 Å². The maximum atomic E-state index is 12.1. The molecule has 0 atom stereocenters.